The summed E-state index contributed by atoms with van der Waals surface area (Å²) in [5.41, 5.74) is 13.6. The van der Waals surface area contributed by atoms with Gasteiger partial charge in [-0.2, -0.15) is 4.57 Å². The molecule has 17 aromatic rings. The van der Waals surface area contributed by atoms with Gasteiger partial charge in [-0.05, 0) is 119 Å². The molecule has 0 bridgehead atoms. The van der Waals surface area contributed by atoms with Crippen molar-refractivity contribution in [1.82, 2.24) is 23.7 Å². The molecule has 0 spiro atoms. The molecule has 482 valence electrons. The van der Waals surface area contributed by atoms with Crippen molar-refractivity contribution >= 4 is 116 Å². The fourth-order valence-electron chi connectivity index (χ4n) is 13.5. The topological polar surface area (TPSA) is 95.7 Å². The standard InChI is InChI=1S/C41H34N4O2.C41H33N4O2.2CH4.HI/c2*1-41(2,3)26-19-27(44-25-43(4)35-14-8-9-15-36(35)44)21-29(20-26)46-28-17-18-31-30-11-5-7-13-34(30)45(37(31)22-28)40-23-39-33(24-42-40)32-12-6-10-16-38(32)47-39;;;/h5-24H,25H2,1-4H3;5-25H,1-4H3;2*1H4;1H/q;+1;;;/p-1/i2*4D3;;;. The summed E-state index contributed by atoms with van der Waals surface area (Å²) in [4.78, 5) is 13.4. The molecule has 0 aliphatic carbocycles. The highest BCUT2D eigenvalue weighted by Crippen LogP contribution is 2.45. The Morgan fingerprint density at radius 3 is 1.40 bits per heavy atom. The highest BCUT2D eigenvalue weighted by Gasteiger charge is 2.28. The molecule has 0 radical (unpaired) electrons. The van der Waals surface area contributed by atoms with Crippen LogP contribution in [-0.2, 0) is 17.8 Å². The van der Waals surface area contributed by atoms with Gasteiger partial charge in [-0.25, -0.2) is 14.5 Å². The quantitative estimate of drug-likeness (QED) is 0.110. The Balaban J connectivity index is 0.000000169. The van der Waals surface area contributed by atoms with Crippen LogP contribution in [0.25, 0.3) is 116 Å². The maximum atomic E-state index is 8.19. The molecule has 97 heavy (non-hydrogen) atoms. The Morgan fingerprint density at radius 1 is 0.423 bits per heavy atom. The van der Waals surface area contributed by atoms with E-state index in [4.69, 9.17) is 36.5 Å². The second-order valence-corrected chi connectivity index (χ2v) is 26.3. The van der Waals surface area contributed by atoms with E-state index in [0.29, 0.717) is 34.2 Å². The number of para-hydroxylation sites is 8. The number of benzene rings is 10. The van der Waals surface area contributed by atoms with Crippen molar-refractivity contribution in [1.29, 1.82) is 0 Å². The highest BCUT2D eigenvalue weighted by atomic mass is 127. The molecule has 7 aromatic heterocycles. The van der Waals surface area contributed by atoms with Gasteiger partial charge < -0.3 is 52.1 Å². The first-order valence-electron chi connectivity index (χ1n) is 34.5. The second-order valence-electron chi connectivity index (χ2n) is 26.3. The molecule has 0 N–H and O–H groups in total. The molecule has 18 rings (SSSR count). The number of hydrogen-bond acceptors (Lipinski definition) is 8. The lowest BCUT2D eigenvalue weighted by Gasteiger charge is -2.25. The number of imidazole rings is 1. The van der Waals surface area contributed by atoms with Crippen LogP contribution in [0.2, 0.25) is 0 Å². The molecular weight excluding hydrogens is 1310 g/mol. The van der Waals surface area contributed by atoms with Gasteiger partial charge in [0, 0.05) is 109 Å². The van der Waals surface area contributed by atoms with Gasteiger partial charge in [0.25, 0.3) is 0 Å². The van der Waals surface area contributed by atoms with Gasteiger partial charge in [-0.3, -0.25) is 9.13 Å². The first kappa shape index (κ1) is 56.4. The van der Waals surface area contributed by atoms with E-state index in [0.717, 1.165) is 133 Å². The van der Waals surface area contributed by atoms with Crippen molar-refractivity contribution in [3.63, 3.8) is 0 Å². The number of hydrogen-bond donors (Lipinski definition) is 0. The maximum absolute atomic E-state index is 8.19. The van der Waals surface area contributed by atoms with Crippen molar-refractivity contribution in [3.8, 4) is 40.3 Å². The van der Waals surface area contributed by atoms with Gasteiger partial charge in [0.1, 0.15) is 62.7 Å². The first-order valence-corrected chi connectivity index (χ1v) is 31.5. The molecule has 12 nitrogen and oxygen atoms in total. The van der Waals surface area contributed by atoms with Crippen molar-refractivity contribution in [2.45, 2.75) is 67.2 Å². The van der Waals surface area contributed by atoms with Crippen LogP contribution in [0.3, 0.4) is 0 Å². The molecule has 0 saturated heterocycles. The molecule has 0 saturated carbocycles. The summed E-state index contributed by atoms with van der Waals surface area (Å²) in [5, 5.41) is 8.43. The molecule has 8 heterocycles. The average Bonchev–Trinajstić information content (AvgIpc) is 1.60. The van der Waals surface area contributed by atoms with Gasteiger partial charge in [0.05, 0.1) is 51.2 Å². The minimum Gasteiger partial charge on any atom is -1.00 e. The van der Waals surface area contributed by atoms with Crippen LogP contribution in [0.1, 0.15) is 75.7 Å². The molecule has 0 amide bonds. The summed E-state index contributed by atoms with van der Waals surface area (Å²) in [5.74, 6) is 4.16. The lowest BCUT2D eigenvalue weighted by atomic mass is 9.86. The van der Waals surface area contributed by atoms with Crippen molar-refractivity contribution in [2.75, 3.05) is 23.4 Å². The van der Waals surface area contributed by atoms with E-state index in [2.05, 4.69) is 142 Å². The van der Waals surface area contributed by atoms with E-state index in [-0.39, 0.29) is 56.3 Å². The van der Waals surface area contributed by atoms with Gasteiger partial charge in [0.15, 0.2) is 11.0 Å². The summed E-state index contributed by atoms with van der Waals surface area (Å²) in [6, 6.07) is 76.5. The van der Waals surface area contributed by atoms with Gasteiger partial charge in [0.2, 0.25) is 6.33 Å². The summed E-state index contributed by atoms with van der Waals surface area (Å²) >= 11 is 0. The summed E-state index contributed by atoms with van der Waals surface area (Å²) < 4.78 is 82.5. The minimum atomic E-state index is -2.33. The molecule has 0 unspecified atom stereocenters. The molecule has 1 aliphatic heterocycles. The number of aryl methyl sites for hydroxylation is 1. The number of ether oxygens (including phenoxy) is 2. The van der Waals surface area contributed by atoms with Crippen LogP contribution in [-0.4, -0.2) is 37.3 Å². The third-order valence-electron chi connectivity index (χ3n) is 18.2. The zero-order valence-electron chi connectivity index (χ0n) is 59.0. The normalized spacial score (nSPS) is 13.6. The predicted octanol–water partition coefficient (Wildman–Crippen LogP) is 18.9. The number of furan rings is 2. The van der Waals surface area contributed by atoms with E-state index in [9.17, 15) is 0 Å². The summed E-state index contributed by atoms with van der Waals surface area (Å²) in [6.45, 7) is 8.56. The predicted molar refractivity (Wildman–Crippen MR) is 395 cm³/mol. The molecule has 0 fully saturated rings. The lowest BCUT2D eigenvalue weighted by molar-refractivity contribution is -0.645. The SMILES string of the molecule is C.C.[2H]C([2H])([2H])N1CN(c2cc(Oc3ccc4c5ccccc5n(-c5cc6oc7ccccc7c6cn5)c4c3)cc(C(C)(C)C)c2)c2ccccc21.[2H]C([2H])([2H])[n+]1cn(-c2cc(Oc3ccc4c5ccccc5n(-c5cc6oc7ccccc7c6cn5)c4c3)cc(C(C)(C)C)c2)c2ccccc21.[I-]. The number of pyridine rings is 2. The van der Waals surface area contributed by atoms with E-state index in [1.54, 1.807) is 6.33 Å². The highest BCUT2D eigenvalue weighted by molar-refractivity contribution is 6.12. The van der Waals surface area contributed by atoms with E-state index in [1.165, 1.54) is 9.47 Å². The Labute approximate surface area is 589 Å². The Bertz CT molecular complexity index is 6150. The second kappa shape index (κ2) is 24.4. The van der Waals surface area contributed by atoms with Crippen LogP contribution >= 0.6 is 0 Å². The number of rotatable bonds is 8. The Kier molecular flexibility index (Phi) is 14.2. The smallest absolute Gasteiger partial charge is 0.249 e. The van der Waals surface area contributed by atoms with Crippen LogP contribution in [0.5, 0.6) is 23.0 Å². The largest absolute Gasteiger partial charge is 1.00 e. The molecule has 13 heteroatoms. The van der Waals surface area contributed by atoms with Crippen molar-refractivity contribution < 1.29 is 55.1 Å². The van der Waals surface area contributed by atoms with Crippen molar-refractivity contribution in [2.24, 2.45) is 6.98 Å². The number of nitrogens with zero attached hydrogens (tertiary/aromatic N) is 8. The average molecular weight is 1390 g/mol. The third-order valence-corrected chi connectivity index (χ3v) is 18.2. The van der Waals surface area contributed by atoms with E-state index >= 15 is 0 Å². The minimum absolute atomic E-state index is 0. The third kappa shape index (κ3) is 11.0. The summed E-state index contributed by atoms with van der Waals surface area (Å²) in [7, 11) is 0. The van der Waals surface area contributed by atoms with Crippen LogP contribution in [0.4, 0.5) is 17.1 Å². The Hall–Kier alpha value is -10.9. The maximum Gasteiger partial charge on any atom is 0.249 e. The summed E-state index contributed by atoms with van der Waals surface area (Å²) in [6.07, 6.45) is 5.43. The molecular formula is C84H75IN8O4. The van der Waals surface area contributed by atoms with Crippen LogP contribution in [0, 0.1) is 0 Å². The lowest BCUT2D eigenvalue weighted by Crippen LogP contribution is -3.00. The fourth-order valence-corrected chi connectivity index (χ4v) is 13.5. The van der Waals surface area contributed by atoms with Gasteiger partial charge >= 0.3 is 0 Å². The number of halogens is 1. The number of anilines is 3. The monoisotopic (exact) mass is 1390 g/mol. The first-order chi connectivity index (χ1) is 48.1. The van der Waals surface area contributed by atoms with Crippen molar-refractivity contribution in [3.05, 3.63) is 260 Å². The zero-order valence-corrected chi connectivity index (χ0v) is 55.1. The van der Waals surface area contributed by atoms with Gasteiger partial charge in [-0.15, -0.1) is 0 Å². The number of aromatic nitrogens is 6. The van der Waals surface area contributed by atoms with Gasteiger partial charge in [-0.1, -0.05) is 153 Å². The Morgan fingerprint density at radius 2 is 0.876 bits per heavy atom. The van der Waals surface area contributed by atoms with E-state index in [1.807, 2.05) is 161 Å². The van der Waals surface area contributed by atoms with E-state index < -0.39 is 14.0 Å². The molecule has 0 atom stereocenters. The molecule has 10 aromatic carbocycles. The molecule has 1 aliphatic rings. The number of fused-ring (bicyclic) bond motifs is 14. The fraction of sp³-hybridized carbons (Fsp3) is 0.155. The van der Waals surface area contributed by atoms with Crippen LogP contribution in [0.15, 0.2) is 258 Å². The zero-order chi connectivity index (χ0) is 68.7. The van der Waals surface area contributed by atoms with Crippen LogP contribution < -0.4 is 47.8 Å².